The number of nitrogens with two attached hydrogens (primary N) is 1. The third-order valence-electron chi connectivity index (χ3n) is 1.98. The molecule has 0 fully saturated rings. The monoisotopic (exact) mass is 191 g/mol. The van der Waals surface area contributed by atoms with E-state index in [2.05, 4.69) is 5.10 Å². The molecule has 0 bridgehead atoms. The number of halogens is 1. The average Bonchev–Trinajstić information content (AvgIpc) is 2.47. The van der Waals surface area contributed by atoms with Crippen LogP contribution in [0.25, 0.3) is 5.69 Å². The van der Waals surface area contributed by atoms with E-state index >= 15 is 0 Å². The molecular weight excluding hydrogens is 181 g/mol. The van der Waals surface area contributed by atoms with Gasteiger partial charge in [0, 0.05) is 11.8 Å². The molecule has 0 amide bonds. The van der Waals surface area contributed by atoms with E-state index in [1.165, 1.54) is 12.1 Å². The first-order valence-electron chi connectivity index (χ1n) is 4.25. The fourth-order valence-corrected chi connectivity index (χ4v) is 1.34. The number of hydrogen-bond donors (Lipinski definition) is 1. The van der Waals surface area contributed by atoms with Crippen LogP contribution in [0.1, 0.15) is 5.69 Å². The van der Waals surface area contributed by atoms with Gasteiger partial charge in [-0.05, 0) is 31.2 Å². The van der Waals surface area contributed by atoms with Crippen LogP contribution in [0.15, 0.2) is 30.3 Å². The first kappa shape index (κ1) is 8.74. The van der Waals surface area contributed by atoms with E-state index in [9.17, 15) is 4.39 Å². The molecule has 0 spiro atoms. The van der Waals surface area contributed by atoms with Crippen LogP contribution in [-0.4, -0.2) is 9.78 Å². The van der Waals surface area contributed by atoms with Gasteiger partial charge in [-0.1, -0.05) is 0 Å². The maximum atomic E-state index is 12.7. The summed E-state index contributed by atoms with van der Waals surface area (Å²) in [5.74, 6) is 0.207. The standard InChI is InChI=1S/C10H10FN3/c1-7-6-10(12)13-14(7)9-4-2-8(11)3-5-9/h2-6H,1H3,(H2,12,13). The molecule has 0 saturated heterocycles. The Morgan fingerprint density at radius 3 is 2.43 bits per heavy atom. The molecule has 0 aliphatic rings. The molecule has 2 N–H and O–H groups in total. The van der Waals surface area contributed by atoms with Crippen LogP contribution in [0.4, 0.5) is 10.2 Å². The Hall–Kier alpha value is -1.84. The van der Waals surface area contributed by atoms with Gasteiger partial charge >= 0.3 is 0 Å². The molecule has 2 aromatic rings. The zero-order valence-corrected chi connectivity index (χ0v) is 7.74. The van der Waals surface area contributed by atoms with Crippen molar-refractivity contribution < 1.29 is 4.39 Å². The van der Waals surface area contributed by atoms with Crippen molar-refractivity contribution >= 4 is 5.82 Å². The summed E-state index contributed by atoms with van der Waals surface area (Å²) in [6.45, 7) is 1.90. The minimum absolute atomic E-state index is 0.258. The van der Waals surface area contributed by atoms with Crippen LogP contribution in [-0.2, 0) is 0 Å². The minimum Gasteiger partial charge on any atom is -0.382 e. The minimum atomic E-state index is -0.258. The molecule has 3 nitrogen and oxygen atoms in total. The lowest BCUT2D eigenvalue weighted by molar-refractivity contribution is 0.627. The Morgan fingerprint density at radius 1 is 1.29 bits per heavy atom. The highest BCUT2D eigenvalue weighted by Crippen LogP contribution is 2.13. The SMILES string of the molecule is Cc1cc(N)nn1-c1ccc(F)cc1. The van der Waals surface area contributed by atoms with Crippen LogP contribution in [0, 0.1) is 12.7 Å². The predicted octanol–water partition coefficient (Wildman–Crippen LogP) is 1.90. The topological polar surface area (TPSA) is 43.8 Å². The van der Waals surface area contributed by atoms with Crippen LogP contribution in [0.3, 0.4) is 0 Å². The molecule has 0 radical (unpaired) electrons. The molecule has 4 heteroatoms. The molecule has 1 aromatic heterocycles. The predicted molar refractivity (Wildman–Crippen MR) is 52.7 cm³/mol. The van der Waals surface area contributed by atoms with Crippen molar-refractivity contribution in [3.8, 4) is 5.69 Å². The van der Waals surface area contributed by atoms with Gasteiger partial charge in [0.05, 0.1) is 5.69 Å². The molecule has 0 aliphatic carbocycles. The second-order valence-corrected chi connectivity index (χ2v) is 3.10. The second-order valence-electron chi connectivity index (χ2n) is 3.10. The molecule has 72 valence electrons. The van der Waals surface area contributed by atoms with Gasteiger partial charge in [0.2, 0.25) is 0 Å². The lowest BCUT2D eigenvalue weighted by Crippen LogP contribution is -1.99. The van der Waals surface area contributed by atoms with E-state index in [4.69, 9.17) is 5.73 Å². The number of hydrogen-bond acceptors (Lipinski definition) is 2. The first-order valence-corrected chi connectivity index (χ1v) is 4.25. The van der Waals surface area contributed by atoms with Crippen molar-refractivity contribution in [2.45, 2.75) is 6.92 Å². The summed E-state index contributed by atoms with van der Waals surface area (Å²) in [5, 5.41) is 4.08. The number of nitrogens with zero attached hydrogens (tertiary/aromatic N) is 2. The van der Waals surface area contributed by atoms with Gasteiger partial charge in [-0.3, -0.25) is 0 Å². The fourth-order valence-electron chi connectivity index (χ4n) is 1.34. The molecular formula is C10H10FN3. The van der Waals surface area contributed by atoms with Crippen molar-refractivity contribution in [3.05, 3.63) is 41.8 Å². The summed E-state index contributed by atoms with van der Waals surface area (Å²) in [6.07, 6.45) is 0. The third kappa shape index (κ3) is 1.46. The number of aryl methyl sites for hydroxylation is 1. The Kier molecular flexibility index (Phi) is 1.96. The van der Waals surface area contributed by atoms with E-state index in [1.807, 2.05) is 6.92 Å². The van der Waals surface area contributed by atoms with Gasteiger partial charge in [0.25, 0.3) is 0 Å². The van der Waals surface area contributed by atoms with Gasteiger partial charge in [-0.15, -0.1) is 0 Å². The second kappa shape index (κ2) is 3.14. The highest BCUT2D eigenvalue weighted by Gasteiger charge is 2.03. The van der Waals surface area contributed by atoms with E-state index in [0.29, 0.717) is 5.82 Å². The van der Waals surface area contributed by atoms with Gasteiger partial charge in [0.1, 0.15) is 11.6 Å². The van der Waals surface area contributed by atoms with Crippen LogP contribution in [0.5, 0.6) is 0 Å². The lowest BCUT2D eigenvalue weighted by Gasteiger charge is -2.02. The maximum Gasteiger partial charge on any atom is 0.146 e. The average molecular weight is 191 g/mol. The molecule has 0 aliphatic heterocycles. The van der Waals surface area contributed by atoms with E-state index in [1.54, 1.807) is 22.9 Å². The van der Waals surface area contributed by atoms with Gasteiger partial charge < -0.3 is 5.73 Å². The quantitative estimate of drug-likeness (QED) is 0.748. The number of anilines is 1. The molecule has 2 rings (SSSR count). The van der Waals surface area contributed by atoms with Crippen molar-refractivity contribution in [2.24, 2.45) is 0 Å². The van der Waals surface area contributed by atoms with E-state index in [0.717, 1.165) is 11.4 Å². The van der Waals surface area contributed by atoms with Crippen LogP contribution >= 0.6 is 0 Å². The summed E-state index contributed by atoms with van der Waals surface area (Å²) < 4.78 is 14.3. The lowest BCUT2D eigenvalue weighted by atomic mass is 10.3. The third-order valence-corrected chi connectivity index (χ3v) is 1.98. The Bertz CT molecular complexity index is 445. The summed E-state index contributed by atoms with van der Waals surface area (Å²) in [6, 6.07) is 7.88. The molecule has 0 unspecified atom stereocenters. The summed E-state index contributed by atoms with van der Waals surface area (Å²) >= 11 is 0. The summed E-state index contributed by atoms with van der Waals surface area (Å²) in [4.78, 5) is 0. The van der Waals surface area contributed by atoms with Crippen molar-refractivity contribution in [2.75, 3.05) is 5.73 Å². The highest BCUT2D eigenvalue weighted by molar-refractivity contribution is 5.38. The van der Waals surface area contributed by atoms with Gasteiger partial charge in [-0.25, -0.2) is 9.07 Å². The summed E-state index contributed by atoms with van der Waals surface area (Å²) in [7, 11) is 0. The number of benzene rings is 1. The van der Waals surface area contributed by atoms with E-state index in [-0.39, 0.29) is 5.82 Å². The molecule has 1 aromatic carbocycles. The Morgan fingerprint density at radius 2 is 1.93 bits per heavy atom. The molecule has 0 saturated carbocycles. The smallest absolute Gasteiger partial charge is 0.146 e. The zero-order chi connectivity index (χ0) is 10.1. The molecule has 1 heterocycles. The molecule has 0 atom stereocenters. The van der Waals surface area contributed by atoms with Crippen molar-refractivity contribution in [1.82, 2.24) is 9.78 Å². The zero-order valence-electron chi connectivity index (χ0n) is 7.74. The Balaban J connectivity index is 2.49. The van der Waals surface area contributed by atoms with Crippen molar-refractivity contribution in [3.63, 3.8) is 0 Å². The van der Waals surface area contributed by atoms with Crippen LogP contribution in [0.2, 0.25) is 0 Å². The van der Waals surface area contributed by atoms with Gasteiger partial charge in [-0.2, -0.15) is 5.10 Å². The highest BCUT2D eigenvalue weighted by atomic mass is 19.1. The van der Waals surface area contributed by atoms with Crippen molar-refractivity contribution in [1.29, 1.82) is 0 Å². The fraction of sp³-hybridized carbons (Fsp3) is 0.100. The normalized spacial score (nSPS) is 10.4. The number of aromatic nitrogens is 2. The molecule has 14 heavy (non-hydrogen) atoms. The Labute approximate surface area is 81.0 Å². The first-order chi connectivity index (χ1) is 6.66. The summed E-state index contributed by atoms with van der Waals surface area (Å²) in [5.41, 5.74) is 7.27. The van der Waals surface area contributed by atoms with E-state index < -0.39 is 0 Å². The van der Waals surface area contributed by atoms with Crippen LogP contribution < -0.4 is 5.73 Å². The number of nitrogen functional groups attached to an aromatic ring is 1. The largest absolute Gasteiger partial charge is 0.382 e. The maximum absolute atomic E-state index is 12.7. The number of rotatable bonds is 1. The van der Waals surface area contributed by atoms with Gasteiger partial charge in [0.15, 0.2) is 0 Å².